The number of nitro groups is 1. The van der Waals surface area contributed by atoms with Gasteiger partial charge in [0.25, 0.3) is 21.8 Å². The van der Waals surface area contributed by atoms with E-state index in [2.05, 4.69) is 72.9 Å². The quantitative estimate of drug-likeness (QED) is 0.0612. The fraction of sp³-hybridized carbons (Fsp3) is 0.490. The van der Waals surface area contributed by atoms with Crippen molar-refractivity contribution in [1.29, 1.82) is 0 Å². The second-order valence-corrected chi connectivity index (χ2v) is 21.1. The third kappa shape index (κ3) is 9.80. The Morgan fingerprint density at radius 1 is 1.04 bits per heavy atom. The van der Waals surface area contributed by atoms with Crippen LogP contribution in [0.5, 0.6) is 17.4 Å². The van der Waals surface area contributed by atoms with Crippen molar-refractivity contribution in [1.82, 2.24) is 24.6 Å². The molecule has 1 amide bonds. The van der Waals surface area contributed by atoms with Crippen LogP contribution in [0.3, 0.4) is 0 Å². The summed E-state index contributed by atoms with van der Waals surface area (Å²) in [5.74, 6) is -0.0910. The predicted molar refractivity (Wildman–Crippen MR) is 253 cm³/mol. The van der Waals surface area contributed by atoms with E-state index in [9.17, 15) is 28.4 Å². The van der Waals surface area contributed by atoms with Crippen LogP contribution in [0.1, 0.15) is 106 Å². The summed E-state index contributed by atoms with van der Waals surface area (Å²) in [7, 11) is -3.22. The number of hydrogen-bond donors (Lipinski definition) is 4. The third-order valence-corrected chi connectivity index (χ3v) is 15.8. The van der Waals surface area contributed by atoms with Crippen molar-refractivity contribution in [3.63, 3.8) is 0 Å². The largest absolute Gasteiger partial charge is 0.478 e. The number of H-pyrrole nitrogens is 1. The second kappa shape index (κ2) is 18.7. The van der Waals surface area contributed by atoms with Crippen molar-refractivity contribution in [2.45, 2.75) is 101 Å². The molecule has 18 heteroatoms. The number of aliphatic hydroxyl groups is 1. The van der Waals surface area contributed by atoms with Gasteiger partial charge < -0.3 is 34.5 Å². The topological polar surface area (TPSA) is 214 Å². The average Bonchev–Trinajstić information content (AvgIpc) is 3.77. The van der Waals surface area contributed by atoms with Gasteiger partial charge in [-0.25, -0.2) is 18.1 Å². The first-order valence-electron chi connectivity index (χ1n) is 23.3. The molecular weight excluding hydrogens is 877 g/mol. The number of hydrogen-bond acceptors (Lipinski definition) is 14. The number of rotatable bonds is 14. The molecule has 67 heavy (non-hydrogen) atoms. The van der Waals surface area contributed by atoms with E-state index in [1.165, 1.54) is 24.3 Å². The highest BCUT2D eigenvalue weighted by Gasteiger charge is 2.50. The number of nitrogens with zero attached hydrogens (tertiary/aromatic N) is 5. The number of fused-ring (bicyclic) bond motifs is 1. The predicted octanol–water partition coefficient (Wildman–Crippen LogP) is 8.08. The van der Waals surface area contributed by atoms with Crippen molar-refractivity contribution in [2.24, 2.45) is 11.3 Å². The van der Waals surface area contributed by atoms with E-state index in [1.807, 2.05) is 6.07 Å². The third-order valence-electron chi connectivity index (χ3n) is 14.5. The Labute approximate surface area is 390 Å². The number of morpholine rings is 1. The van der Waals surface area contributed by atoms with Crippen LogP contribution >= 0.6 is 0 Å². The Hall–Kier alpha value is -5.82. The Morgan fingerprint density at radius 3 is 2.54 bits per heavy atom. The monoisotopic (exact) mass is 936 g/mol. The number of aromatic amines is 1. The molecule has 1 atom stereocenters. The molecule has 2 aliphatic carbocycles. The molecule has 356 valence electrons. The number of nitrogens with one attached hydrogen (secondary N) is 3. The smallest absolute Gasteiger partial charge is 0.312 e. The molecule has 2 aromatic carbocycles. The van der Waals surface area contributed by atoms with E-state index in [0.717, 1.165) is 88.1 Å². The number of ether oxygens (including phenoxy) is 3. The van der Waals surface area contributed by atoms with Gasteiger partial charge in [0.15, 0.2) is 5.75 Å². The van der Waals surface area contributed by atoms with Crippen LogP contribution < -0.4 is 24.4 Å². The van der Waals surface area contributed by atoms with Crippen LogP contribution in [0.2, 0.25) is 0 Å². The van der Waals surface area contributed by atoms with Gasteiger partial charge in [0, 0.05) is 61.6 Å². The maximum atomic E-state index is 14.1. The van der Waals surface area contributed by atoms with Crippen molar-refractivity contribution in [3.8, 4) is 17.4 Å². The first-order chi connectivity index (χ1) is 32.1. The second-order valence-electron chi connectivity index (χ2n) is 19.4. The first-order valence-corrected chi connectivity index (χ1v) is 24.8. The molecular formula is C49H60N8O9S. The molecule has 4 fully saturated rings. The molecule has 2 saturated heterocycles. The highest BCUT2D eigenvalue weighted by atomic mass is 32.2. The number of sulfonamides is 1. The van der Waals surface area contributed by atoms with Gasteiger partial charge in [0.2, 0.25) is 5.82 Å². The molecule has 5 heterocycles. The van der Waals surface area contributed by atoms with Gasteiger partial charge in [0.1, 0.15) is 16.3 Å². The molecule has 9 rings (SSSR count). The standard InChI is InChI=1S/C49H60N8O9S/c1-31(2)37-7-5-6-8-38(37)41-30-65-22-21-56(41)35-26-49(27-35)16-19-55(20-17-49)34-9-10-39(42(24-34)66-43-23-33-13-18-50-44(33)53-47(43)64-4)46(58)54-67(62,63)36-25-40(57(60)61)45(52-29-36)51-28-32-11-14-48(3,59)15-12-32/h5-10,13,18,23-25,29,31-32,35,41,59H,11-12,14-17,19-22,26-28,30H2,1-4H3,(H,50,53)(H,51,52)(H,54,58)/t32?,41-,48?/m0/s1. The van der Waals surface area contributed by atoms with E-state index >= 15 is 0 Å². The zero-order chi connectivity index (χ0) is 47.1. The summed E-state index contributed by atoms with van der Waals surface area (Å²) in [6, 6.07) is 19.0. The fourth-order valence-electron chi connectivity index (χ4n) is 10.6. The van der Waals surface area contributed by atoms with E-state index < -0.39 is 37.0 Å². The summed E-state index contributed by atoms with van der Waals surface area (Å²) in [4.78, 5) is 41.6. The zero-order valence-electron chi connectivity index (χ0n) is 38.5. The molecule has 4 N–H and O–H groups in total. The number of amides is 1. The lowest BCUT2D eigenvalue weighted by Gasteiger charge is -2.57. The van der Waals surface area contributed by atoms with Gasteiger partial charge in [-0.2, -0.15) is 4.98 Å². The summed E-state index contributed by atoms with van der Waals surface area (Å²) in [5, 5.41) is 26.2. The number of piperidine rings is 1. The number of anilines is 2. The van der Waals surface area contributed by atoms with Crippen molar-refractivity contribution < 1.29 is 37.5 Å². The molecule has 1 spiro atoms. The molecule has 2 saturated carbocycles. The van der Waals surface area contributed by atoms with Crippen LogP contribution in [0.15, 0.2) is 78.0 Å². The van der Waals surface area contributed by atoms with Crippen molar-refractivity contribution in [2.75, 3.05) is 56.7 Å². The Morgan fingerprint density at radius 2 is 1.81 bits per heavy atom. The lowest BCUT2D eigenvalue weighted by Crippen LogP contribution is -2.58. The molecule has 4 aliphatic rings. The van der Waals surface area contributed by atoms with Gasteiger partial charge >= 0.3 is 5.69 Å². The minimum atomic E-state index is -4.67. The Bertz CT molecular complexity index is 2740. The first kappa shape index (κ1) is 46.3. The summed E-state index contributed by atoms with van der Waals surface area (Å²) in [6.45, 7) is 10.6. The molecule has 2 aliphatic heterocycles. The fourth-order valence-corrected chi connectivity index (χ4v) is 11.5. The van der Waals surface area contributed by atoms with Crippen LogP contribution in [0, 0.1) is 21.4 Å². The minimum Gasteiger partial charge on any atom is -0.478 e. The van der Waals surface area contributed by atoms with Gasteiger partial charge in [-0.1, -0.05) is 38.1 Å². The molecule has 5 aromatic rings. The minimum absolute atomic E-state index is 0.0668. The number of pyridine rings is 2. The maximum Gasteiger partial charge on any atom is 0.312 e. The Balaban J connectivity index is 0.920. The number of carbonyl (C=O) groups excluding carboxylic acids is 1. The van der Waals surface area contributed by atoms with E-state index in [-0.39, 0.29) is 46.1 Å². The zero-order valence-corrected chi connectivity index (χ0v) is 39.3. The van der Waals surface area contributed by atoms with Gasteiger partial charge in [-0.15, -0.1) is 0 Å². The van der Waals surface area contributed by atoms with Gasteiger partial charge in [0.05, 0.1) is 48.7 Å². The molecule has 3 aromatic heterocycles. The maximum absolute atomic E-state index is 14.1. The molecule has 0 radical (unpaired) electrons. The van der Waals surface area contributed by atoms with E-state index in [4.69, 9.17) is 14.2 Å². The van der Waals surface area contributed by atoms with E-state index in [0.29, 0.717) is 43.6 Å². The van der Waals surface area contributed by atoms with Crippen molar-refractivity contribution >= 4 is 44.2 Å². The normalized spacial score (nSPS) is 22.4. The Kier molecular flexibility index (Phi) is 12.9. The van der Waals surface area contributed by atoms with E-state index in [1.54, 1.807) is 31.3 Å². The molecule has 17 nitrogen and oxygen atoms in total. The summed E-state index contributed by atoms with van der Waals surface area (Å²) in [6.07, 6.45) is 9.64. The number of benzene rings is 2. The van der Waals surface area contributed by atoms with Crippen LogP contribution in [-0.4, -0.2) is 102 Å². The lowest BCUT2D eigenvalue weighted by molar-refractivity contribution is -0.384. The van der Waals surface area contributed by atoms with Gasteiger partial charge in [-0.3, -0.25) is 19.8 Å². The van der Waals surface area contributed by atoms with Crippen LogP contribution in [0.4, 0.5) is 17.2 Å². The molecule has 0 unspecified atom stereocenters. The summed E-state index contributed by atoms with van der Waals surface area (Å²) in [5.41, 5.74) is 2.97. The number of methoxy groups -OCH3 is 1. The van der Waals surface area contributed by atoms with Crippen LogP contribution in [-0.2, 0) is 14.8 Å². The number of carbonyl (C=O) groups is 1. The van der Waals surface area contributed by atoms with Gasteiger partial charge in [-0.05, 0) is 111 Å². The van der Waals surface area contributed by atoms with Crippen LogP contribution in [0.25, 0.3) is 11.0 Å². The summed E-state index contributed by atoms with van der Waals surface area (Å²) >= 11 is 0. The lowest BCUT2D eigenvalue weighted by atomic mass is 9.59. The average molecular weight is 937 g/mol. The van der Waals surface area contributed by atoms with Crippen molar-refractivity contribution in [3.05, 3.63) is 99.9 Å². The molecule has 0 bridgehead atoms. The highest BCUT2D eigenvalue weighted by molar-refractivity contribution is 7.90. The highest BCUT2D eigenvalue weighted by Crippen LogP contribution is 2.53. The summed E-state index contributed by atoms with van der Waals surface area (Å²) < 4.78 is 47.7. The SMILES string of the molecule is COc1nc2[nH]ccc2cc1Oc1cc(N2CCC3(CC2)CC(N2CCOC[C@H]2c2ccccc2C(C)C)C3)ccc1C(=O)NS(=O)(=O)c1cnc(NCC2CCC(C)(O)CC2)c([N+](=O)[O-])c1. The number of aromatic nitrogens is 3.